The van der Waals surface area contributed by atoms with Gasteiger partial charge in [0.25, 0.3) is 0 Å². The third-order valence-corrected chi connectivity index (χ3v) is 6.07. The molecule has 2 heterocycles. The highest BCUT2D eigenvalue weighted by Crippen LogP contribution is 2.47. The van der Waals surface area contributed by atoms with Crippen LogP contribution in [0.3, 0.4) is 0 Å². The van der Waals surface area contributed by atoms with E-state index in [0.29, 0.717) is 13.2 Å². The Morgan fingerprint density at radius 3 is 2.22 bits per heavy atom. The van der Waals surface area contributed by atoms with Crippen molar-refractivity contribution in [1.82, 2.24) is 4.90 Å². The van der Waals surface area contributed by atoms with Crippen molar-refractivity contribution in [3.63, 3.8) is 0 Å². The minimum atomic E-state index is 0.0970. The number of rotatable bonds is 6. The van der Waals surface area contributed by atoms with Crippen LogP contribution >= 0.6 is 11.8 Å². The molecule has 0 bridgehead atoms. The summed E-state index contributed by atoms with van der Waals surface area (Å²) in [4.78, 5) is 7.36. The summed E-state index contributed by atoms with van der Waals surface area (Å²) in [6.07, 6.45) is 2.27. The molecule has 0 amide bonds. The number of hydrogen-bond acceptors (Lipinski definition) is 4. The van der Waals surface area contributed by atoms with Crippen molar-refractivity contribution in [3.8, 4) is 0 Å². The minimum absolute atomic E-state index is 0.0970. The zero-order valence-corrected chi connectivity index (χ0v) is 16.3. The lowest BCUT2D eigenvalue weighted by Gasteiger charge is -2.29. The second-order valence-corrected chi connectivity index (χ2v) is 7.82. The summed E-state index contributed by atoms with van der Waals surface area (Å²) >= 11 is 1.84. The van der Waals surface area contributed by atoms with Crippen LogP contribution in [-0.4, -0.2) is 73.5 Å². The minimum Gasteiger partial charge on any atom is -0.394 e. The standard InChI is InChI=1S/C21H26N3O2S/c25-14-16-26-15-13-22-9-11-23(12-10-22)17-24-18-5-1-3-7-20(18)27-21-8-4-2-6-19(21)24/h1-8,17,25H,9-16H2/q+1. The zero-order chi connectivity index (χ0) is 18.5. The molecule has 2 aliphatic rings. The first-order chi connectivity index (χ1) is 13.3. The fraction of sp³-hybridized carbons (Fsp3) is 0.381. The number of fused-ring (bicyclic) bond motifs is 2. The van der Waals surface area contributed by atoms with Gasteiger partial charge in [0.2, 0.25) is 6.34 Å². The maximum Gasteiger partial charge on any atom is 0.244 e. The van der Waals surface area contributed by atoms with E-state index in [4.69, 9.17) is 9.84 Å². The number of aliphatic hydroxyl groups excluding tert-OH is 1. The molecule has 1 saturated heterocycles. The fourth-order valence-electron chi connectivity index (χ4n) is 3.48. The van der Waals surface area contributed by atoms with Crippen molar-refractivity contribution in [2.45, 2.75) is 9.79 Å². The van der Waals surface area contributed by atoms with Crippen LogP contribution in [0, 0.1) is 0 Å². The molecule has 0 atom stereocenters. The number of ether oxygens (including phenoxy) is 1. The highest BCUT2D eigenvalue weighted by Gasteiger charge is 2.28. The van der Waals surface area contributed by atoms with Crippen LogP contribution in [-0.2, 0) is 4.74 Å². The van der Waals surface area contributed by atoms with Crippen LogP contribution in [0.1, 0.15) is 0 Å². The molecule has 0 aromatic heterocycles. The summed E-state index contributed by atoms with van der Waals surface area (Å²) in [5.74, 6) is 0. The Morgan fingerprint density at radius 1 is 0.963 bits per heavy atom. The van der Waals surface area contributed by atoms with Gasteiger partial charge in [-0.2, -0.15) is 4.90 Å². The summed E-state index contributed by atoms with van der Waals surface area (Å²) < 4.78 is 7.80. The molecule has 27 heavy (non-hydrogen) atoms. The van der Waals surface area contributed by atoms with Crippen molar-refractivity contribution in [1.29, 1.82) is 0 Å². The topological polar surface area (TPSA) is 39.0 Å². The number of nitrogens with zero attached hydrogens (tertiary/aromatic N) is 3. The molecule has 2 aliphatic heterocycles. The van der Waals surface area contributed by atoms with Crippen LogP contribution < -0.4 is 4.90 Å². The zero-order valence-electron chi connectivity index (χ0n) is 15.5. The Hall–Kier alpha value is -1.86. The van der Waals surface area contributed by atoms with E-state index in [2.05, 4.69) is 69.2 Å². The molecule has 0 aliphatic carbocycles. The maximum atomic E-state index is 8.78. The fourth-order valence-corrected chi connectivity index (χ4v) is 4.56. The van der Waals surface area contributed by atoms with Crippen LogP contribution in [0.4, 0.5) is 11.4 Å². The molecule has 0 radical (unpaired) electrons. The van der Waals surface area contributed by atoms with E-state index in [0.717, 1.165) is 32.7 Å². The quantitative estimate of drug-likeness (QED) is 0.471. The molecule has 1 fully saturated rings. The number of hydrogen-bond donors (Lipinski definition) is 1. The van der Waals surface area contributed by atoms with E-state index >= 15 is 0 Å². The van der Waals surface area contributed by atoms with E-state index < -0.39 is 0 Å². The Labute approximate surface area is 164 Å². The van der Waals surface area contributed by atoms with Gasteiger partial charge in [0.15, 0.2) is 0 Å². The van der Waals surface area contributed by atoms with Gasteiger partial charge in [-0.05, 0) is 24.3 Å². The van der Waals surface area contributed by atoms with Gasteiger partial charge >= 0.3 is 0 Å². The molecule has 1 N–H and O–H groups in total. The number of anilines is 2. The number of benzene rings is 2. The predicted molar refractivity (Wildman–Crippen MR) is 110 cm³/mol. The second kappa shape index (κ2) is 8.89. The Morgan fingerprint density at radius 2 is 1.59 bits per heavy atom. The molecule has 2 aromatic carbocycles. The summed E-state index contributed by atoms with van der Waals surface area (Å²) in [5.41, 5.74) is 2.50. The molecule has 142 valence electrons. The highest BCUT2D eigenvalue weighted by molar-refractivity contribution is 7.99. The maximum absolute atomic E-state index is 8.78. The average Bonchev–Trinajstić information content (AvgIpc) is 2.72. The van der Waals surface area contributed by atoms with Crippen molar-refractivity contribution >= 4 is 29.5 Å². The molecule has 0 spiro atoms. The monoisotopic (exact) mass is 384 g/mol. The van der Waals surface area contributed by atoms with Gasteiger partial charge in [0, 0.05) is 19.6 Å². The Bertz CT molecular complexity index is 756. The van der Waals surface area contributed by atoms with Gasteiger partial charge in [-0.25, -0.2) is 0 Å². The van der Waals surface area contributed by atoms with E-state index in [1.807, 2.05) is 11.8 Å². The Kier molecular flexibility index (Phi) is 6.09. The first-order valence-corrected chi connectivity index (χ1v) is 10.3. The van der Waals surface area contributed by atoms with Gasteiger partial charge in [-0.1, -0.05) is 36.0 Å². The van der Waals surface area contributed by atoms with Gasteiger partial charge in [0.05, 0.1) is 42.7 Å². The van der Waals surface area contributed by atoms with E-state index in [-0.39, 0.29) is 6.61 Å². The van der Waals surface area contributed by atoms with E-state index in [1.165, 1.54) is 21.2 Å². The number of aliphatic hydroxyl groups is 1. The number of para-hydroxylation sites is 2. The van der Waals surface area contributed by atoms with Crippen molar-refractivity contribution < 1.29 is 14.4 Å². The van der Waals surface area contributed by atoms with E-state index in [9.17, 15) is 0 Å². The summed E-state index contributed by atoms with van der Waals surface area (Å²) in [6.45, 7) is 6.23. The lowest BCUT2D eigenvalue weighted by Crippen LogP contribution is -2.45. The summed E-state index contributed by atoms with van der Waals surface area (Å²) in [5, 5.41) is 8.78. The van der Waals surface area contributed by atoms with Crippen LogP contribution in [0.5, 0.6) is 0 Å². The van der Waals surface area contributed by atoms with E-state index in [1.54, 1.807) is 0 Å². The first-order valence-electron chi connectivity index (χ1n) is 9.50. The summed E-state index contributed by atoms with van der Waals surface area (Å²) in [6, 6.07) is 17.2. The summed E-state index contributed by atoms with van der Waals surface area (Å²) in [7, 11) is 0. The van der Waals surface area contributed by atoms with Gasteiger partial charge in [0.1, 0.15) is 11.4 Å². The van der Waals surface area contributed by atoms with Crippen molar-refractivity contribution in [2.24, 2.45) is 0 Å². The first kappa shape index (κ1) is 18.5. The average molecular weight is 385 g/mol. The normalized spacial score (nSPS) is 16.8. The largest absolute Gasteiger partial charge is 0.394 e. The second-order valence-electron chi connectivity index (χ2n) is 6.74. The number of piperazine rings is 1. The third kappa shape index (κ3) is 4.35. The van der Waals surface area contributed by atoms with Crippen molar-refractivity contribution in [3.05, 3.63) is 48.5 Å². The lowest BCUT2D eigenvalue weighted by atomic mass is 10.2. The molecule has 0 saturated carbocycles. The SMILES string of the molecule is OCCOCCN1CC[N+](=CN2c3ccccc3Sc3ccccc32)CC1. The van der Waals surface area contributed by atoms with Crippen LogP contribution in [0.15, 0.2) is 58.3 Å². The Balaban J connectivity index is 1.47. The molecule has 5 nitrogen and oxygen atoms in total. The van der Waals surface area contributed by atoms with Crippen LogP contribution in [0.2, 0.25) is 0 Å². The molecule has 6 heteroatoms. The third-order valence-electron chi connectivity index (χ3n) is 4.94. The van der Waals surface area contributed by atoms with Crippen LogP contribution in [0.25, 0.3) is 0 Å². The molecular formula is C21H26N3O2S+. The van der Waals surface area contributed by atoms with Crippen molar-refractivity contribution in [2.75, 3.05) is 57.4 Å². The highest BCUT2D eigenvalue weighted by atomic mass is 32.2. The molecular weight excluding hydrogens is 358 g/mol. The van der Waals surface area contributed by atoms with Gasteiger partial charge in [-0.3, -0.25) is 9.48 Å². The molecule has 0 unspecified atom stereocenters. The predicted octanol–water partition coefficient (Wildman–Crippen LogP) is 2.65. The van der Waals surface area contributed by atoms with Gasteiger partial charge in [-0.15, -0.1) is 0 Å². The smallest absolute Gasteiger partial charge is 0.244 e. The molecule has 4 rings (SSSR count). The van der Waals surface area contributed by atoms with Gasteiger partial charge < -0.3 is 9.84 Å². The lowest BCUT2D eigenvalue weighted by molar-refractivity contribution is -0.536. The molecule has 2 aromatic rings.